The Morgan fingerprint density at radius 1 is 1.17 bits per heavy atom. The van der Waals surface area contributed by atoms with Crippen LogP contribution in [0.1, 0.15) is 42.1 Å². The number of halogens is 1. The average molecular weight is 353 g/mol. The molecule has 0 unspecified atom stereocenters. The quantitative estimate of drug-likeness (QED) is 0.491. The van der Waals surface area contributed by atoms with Gasteiger partial charge in [0.25, 0.3) is 0 Å². The summed E-state index contributed by atoms with van der Waals surface area (Å²) in [5, 5.41) is 29.9. The highest BCUT2D eigenvalue weighted by Crippen LogP contribution is 2.37. The molecule has 1 aromatic rings. The van der Waals surface area contributed by atoms with Crippen molar-refractivity contribution in [3.8, 4) is 11.5 Å². The van der Waals surface area contributed by atoms with Crippen molar-refractivity contribution in [1.29, 1.82) is 0 Å². The highest BCUT2D eigenvalue weighted by molar-refractivity contribution is 6.33. The maximum Gasteiger partial charge on any atom is 0.342 e. The van der Waals surface area contributed by atoms with Gasteiger partial charge in [-0.3, -0.25) is 0 Å². The number of hydrogen-bond donors (Lipinski definition) is 3. The van der Waals surface area contributed by atoms with E-state index < -0.39 is 17.8 Å². The van der Waals surface area contributed by atoms with Crippen LogP contribution >= 0.6 is 11.6 Å². The van der Waals surface area contributed by atoms with Crippen molar-refractivity contribution in [2.24, 2.45) is 0 Å². The van der Waals surface area contributed by atoms with Crippen LogP contribution in [0.25, 0.3) is 0 Å². The zero-order valence-electron chi connectivity index (χ0n) is 13.4. The predicted molar refractivity (Wildman–Crippen MR) is 91.5 cm³/mol. The third-order valence-electron chi connectivity index (χ3n) is 3.74. The van der Waals surface area contributed by atoms with E-state index in [1.54, 1.807) is 13.0 Å². The minimum atomic E-state index is -0.903. The lowest BCUT2D eigenvalue weighted by Crippen LogP contribution is -2.18. The highest BCUT2D eigenvalue weighted by atomic mass is 35.5. The molecule has 0 spiro atoms. The summed E-state index contributed by atoms with van der Waals surface area (Å²) in [6.07, 6.45) is 8.22. The Hall–Kier alpha value is -1.98. The number of carbonyl (C=O) groups excluding carboxylic acids is 1. The van der Waals surface area contributed by atoms with E-state index >= 15 is 0 Å². The average Bonchev–Trinajstić information content (AvgIpc) is 2.50. The van der Waals surface area contributed by atoms with Gasteiger partial charge >= 0.3 is 5.97 Å². The summed E-state index contributed by atoms with van der Waals surface area (Å²) in [7, 11) is 0. The van der Waals surface area contributed by atoms with Crippen LogP contribution in [-0.4, -0.2) is 33.5 Å². The standard InChI is InChI=1S/C18H21ClO5/c1-11-7-5-3-2-4-6-8-12(20)9-13-16(18(23)24-11)14(21)10-15(22)17(13)19/h3,5-6,8,10-12,20-22H,2,4,7,9H2,1H3/b5-3+,8-6+/t11-,12-/m1/s1. The molecule has 3 N–H and O–H groups in total. The molecule has 130 valence electrons. The van der Waals surface area contributed by atoms with Crippen molar-refractivity contribution < 1.29 is 24.9 Å². The number of allylic oxidation sites excluding steroid dienone is 2. The van der Waals surface area contributed by atoms with Gasteiger partial charge in [-0.2, -0.15) is 0 Å². The lowest BCUT2D eigenvalue weighted by molar-refractivity contribution is 0.0343. The Bertz CT molecular complexity index is 666. The number of aliphatic hydroxyl groups is 1. The number of phenols is 2. The first-order chi connectivity index (χ1) is 11.4. The van der Waals surface area contributed by atoms with E-state index in [9.17, 15) is 20.1 Å². The number of carbonyl (C=O) groups is 1. The monoisotopic (exact) mass is 352 g/mol. The van der Waals surface area contributed by atoms with Crippen molar-refractivity contribution in [3.05, 3.63) is 46.5 Å². The molecule has 0 fully saturated rings. The van der Waals surface area contributed by atoms with Crippen molar-refractivity contribution >= 4 is 17.6 Å². The molecule has 5 nitrogen and oxygen atoms in total. The van der Waals surface area contributed by atoms with Gasteiger partial charge in [-0.05, 0) is 25.3 Å². The summed E-state index contributed by atoms with van der Waals surface area (Å²) in [5.74, 6) is -1.52. The first-order valence-corrected chi connectivity index (χ1v) is 8.22. The Morgan fingerprint density at radius 2 is 1.88 bits per heavy atom. The van der Waals surface area contributed by atoms with Crippen LogP contribution in [0.3, 0.4) is 0 Å². The molecule has 0 aliphatic carbocycles. The molecule has 0 aromatic heterocycles. The number of cyclic esters (lactones) is 1. The van der Waals surface area contributed by atoms with Crippen LogP contribution in [-0.2, 0) is 11.2 Å². The first-order valence-electron chi connectivity index (χ1n) is 7.84. The number of rotatable bonds is 0. The largest absolute Gasteiger partial charge is 0.507 e. The third kappa shape index (κ3) is 4.52. The van der Waals surface area contributed by atoms with Gasteiger partial charge in [0.1, 0.15) is 23.2 Å². The number of fused-ring (bicyclic) bond motifs is 1. The van der Waals surface area contributed by atoms with Gasteiger partial charge in [0.2, 0.25) is 0 Å². The van der Waals surface area contributed by atoms with Crippen LogP contribution < -0.4 is 0 Å². The molecule has 0 amide bonds. The molecule has 2 rings (SSSR count). The second kappa shape index (κ2) is 8.22. The molecule has 1 heterocycles. The van der Waals surface area contributed by atoms with Gasteiger partial charge in [-0.15, -0.1) is 0 Å². The molecule has 1 aromatic carbocycles. The van der Waals surface area contributed by atoms with E-state index in [0.717, 1.165) is 18.9 Å². The summed E-state index contributed by atoms with van der Waals surface area (Å²) in [4.78, 5) is 12.4. The molecule has 0 bridgehead atoms. The van der Waals surface area contributed by atoms with Crippen molar-refractivity contribution in [2.45, 2.75) is 44.8 Å². The van der Waals surface area contributed by atoms with Gasteiger partial charge in [-0.1, -0.05) is 35.9 Å². The number of phenolic OH excluding ortho intramolecular Hbond substituents is 2. The number of esters is 1. The second-order valence-electron chi connectivity index (χ2n) is 5.78. The molecular weight excluding hydrogens is 332 g/mol. The van der Waals surface area contributed by atoms with E-state index in [-0.39, 0.29) is 34.4 Å². The Labute approximate surface area is 145 Å². The van der Waals surface area contributed by atoms with Crippen LogP contribution in [0.15, 0.2) is 30.4 Å². The van der Waals surface area contributed by atoms with E-state index in [4.69, 9.17) is 16.3 Å². The zero-order valence-corrected chi connectivity index (χ0v) is 14.2. The van der Waals surface area contributed by atoms with E-state index in [0.29, 0.717) is 6.42 Å². The smallest absolute Gasteiger partial charge is 0.342 e. The third-order valence-corrected chi connectivity index (χ3v) is 4.16. The normalized spacial score (nSPS) is 25.2. The van der Waals surface area contributed by atoms with E-state index in [1.165, 1.54) is 0 Å². The number of hydrogen-bond acceptors (Lipinski definition) is 5. The van der Waals surface area contributed by atoms with Crippen molar-refractivity contribution in [3.63, 3.8) is 0 Å². The second-order valence-corrected chi connectivity index (χ2v) is 6.16. The van der Waals surface area contributed by atoms with Gasteiger partial charge in [0.15, 0.2) is 0 Å². The SMILES string of the molecule is C[C@@H]1C/C=C/CC/C=C/[C@@H](O)Cc2c(Cl)c(O)cc(O)c2C(=O)O1. The Balaban J connectivity index is 2.47. The number of ether oxygens (including phenoxy) is 1. The maximum absolute atomic E-state index is 12.4. The minimum absolute atomic E-state index is 0.0219. The van der Waals surface area contributed by atoms with Crippen molar-refractivity contribution in [1.82, 2.24) is 0 Å². The lowest BCUT2D eigenvalue weighted by Gasteiger charge is -2.18. The number of benzene rings is 1. The zero-order chi connectivity index (χ0) is 17.7. The van der Waals surface area contributed by atoms with Crippen LogP contribution in [0.2, 0.25) is 5.02 Å². The molecule has 0 saturated carbocycles. The molecule has 0 radical (unpaired) electrons. The number of aromatic hydroxyl groups is 2. The molecule has 2 atom stereocenters. The van der Waals surface area contributed by atoms with E-state index in [2.05, 4.69) is 0 Å². The van der Waals surface area contributed by atoms with Gasteiger partial charge in [0.05, 0.1) is 11.1 Å². The summed E-state index contributed by atoms with van der Waals surface area (Å²) >= 11 is 6.09. The van der Waals surface area contributed by atoms with Gasteiger partial charge in [0, 0.05) is 18.9 Å². The van der Waals surface area contributed by atoms with Gasteiger partial charge < -0.3 is 20.1 Å². The van der Waals surface area contributed by atoms with Crippen LogP contribution in [0, 0.1) is 0 Å². The summed E-state index contributed by atoms with van der Waals surface area (Å²) in [6.45, 7) is 1.75. The fourth-order valence-electron chi connectivity index (χ4n) is 2.52. The highest BCUT2D eigenvalue weighted by Gasteiger charge is 2.25. The fraction of sp³-hybridized carbons (Fsp3) is 0.389. The topological polar surface area (TPSA) is 87.0 Å². The number of aliphatic hydroxyl groups excluding tert-OH is 1. The maximum atomic E-state index is 12.4. The van der Waals surface area contributed by atoms with E-state index in [1.807, 2.05) is 18.2 Å². The predicted octanol–water partition coefficient (Wildman–Crippen LogP) is 3.50. The molecule has 1 aliphatic heterocycles. The Kier molecular flexibility index (Phi) is 6.29. The Morgan fingerprint density at radius 3 is 2.62 bits per heavy atom. The summed E-state index contributed by atoms with van der Waals surface area (Å²) < 4.78 is 5.34. The molecule has 24 heavy (non-hydrogen) atoms. The van der Waals surface area contributed by atoms with Gasteiger partial charge in [-0.25, -0.2) is 4.79 Å². The minimum Gasteiger partial charge on any atom is -0.507 e. The first kappa shape index (κ1) is 18.4. The van der Waals surface area contributed by atoms with Crippen LogP contribution in [0.4, 0.5) is 0 Å². The van der Waals surface area contributed by atoms with Crippen molar-refractivity contribution in [2.75, 3.05) is 0 Å². The lowest BCUT2D eigenvalue weighted by atomic mass is 9.99. The molecular formula is C18H21ClO5. The van der Waals surface area contributed by atoms with Crippen LogP contribution in [0.5, 0.6) is 11.5 Å². The molecule has 1 aliphatic rings. The molecule has 6 heteroatoms. The molecule has 0 saturated heterocycles. The summed E-state index contributed by atoms with van der Waals surface area (Å²) in [6, 6.07) is 0.998. The summed E-state index contributed by atoms with van der Waals surface area (Å²) in [5.41, 5.74) is 0.0363. The fourth-order valence-corrected chi connectivity index (χ4v) is 2.75.